The maximum absolute atomic E-state index is 13.3. The Hall–Kier alpha value is -2.04. The fourth-order valence-electron chi connectivity index (χ4n) is 7.53. The van der Waals surface area contributed by atoms with Gasteiger partial charge in [-0.1, -0.05) is 39.0 Å². The number of hydrogen-bond acceptors (Lipinski definition) is 12. The smallest absolute Gasteiger partial charge is 0.225 e. The topological polar surface area (TPSA) is 184 Å². The van der Waals surface area contributed by atoms with Gasteiger partial charge in [-0.3, -0.25) is 9.59 Å². The van der Waals surface area contributed by atoms with Crippen molar-refractivity contribution < 1.29 is 54.1 Å². The first-order chi connectivity index (χ1) is 24.8. The molecule has 1 amide bonds. The molecule has 1 aromatic rings. The number of rotatable bonds is 9. The third-order valence-corrected chi connectivity index (χ3v) is 12.7. The van der Waals surface area contributed by atoms with Gasteiger partial charge in [0.2, 0.25) is 5.91 Å². The number of carbonyl (C=O) groups is 2. The molecule has 0 saturated carbocycles. The van der Waals surface area contributed by atoms with E-state index in [0.29, 0.717) is 5.92 Å². The number of allylic oxidation sites excluding steroid dienone is 4. The van der Waals surface area contributed by atoms with Crippen molar-refractivity contribution in [2.24, 2.45) is 17.8 Å². The molecule has 3 aliphatic rings. The monoisotopic (exact) mass is 765 g/mol. The van der Waals surface area contributed by atoms with Crippen molar-refractivity contribution in [3.05, 3.63) is 40.1 Å². The van der Waals surface area contributed by atoms with Crippen LogP contribution in [0.3, 0.4) is 0 Å². The van der Waals surface area contributed by atoms with Crippen LogP contribution in [-0.2, 0) is 35.0 Å². The number of aliphatic hydroxyl groups excluding tert-OH is 3. The summed E-state index contributed by atoms with van der Waals surface area (Å²) < 4.78 is 24.2. The number of ketones is 1. The molecule has 300 valence electrons. The van der Waals surface area contributed by atoms with E-state index in [4.69, 9.17) is 18.9 Å². The third-order valence-electron chi connectivity index (χ3n) is 11.6. The minimum absolute atomic E-state index is 0.0147. The molecule has 13 heteroatoms. The lowest BCUT2D eigenvalue weighted by Gasteiger charge is -2.46. The van der Waals surface area contributed by atoms with E-state index in [0.717, 1.165) is 16.2 Å². The Kier molecular flexibility index (Phi) is 15.1. The molecule has 6 unspecified atom stereocenters. The van der Waals surface area contributed by atoms with Gasteiger partial charge in [0.1, 0.15) is 17.5 Å². The van der Waals surface area contributed by atoms with Gasteiger partial charge in [-0.15, -0.1) is 11.3 Å². The molecule has 2 fully saturated rings. The number of aliphatic hydroxyl groups is 5. The van der Waals surface area contributed by atoms with Crippen molar-refractivity contribution in [1.29, 1.82) is 0 Å². The van der Waals surface area contributed by atoms with Gasteiger partial charge in [-0.2, -0.15) is 0 Å². The zero-order valence-corrected chi connectivity index (χ0v) is 33.4. The number of thiophene rings is 1. The maximum Gasteiger partial charge on any atom is 0.225 e. The van der Waals surface area contributed by atoms with E-state index in [1.807, 2.05) is 12.1 Å². The van der Waals surface area contributed by atoms with Crippen LogP contribution in [-0.4, -0.2) is 111 Å². The van der Waals surface area contributed by atoms with Gasteiger partial charge in [-0.05, 0) is 83.4 Å². The number of Topliss-reactive ketones (excluding diaryl/α,β-unsaturated/α-hetero) is 1. The molecule has 6 N–H and O–H groups in total. The Balaban J connectivity index is 1.50. The molecule has 2 aliphatic heterocycles. The van der Waals surface area contributed by atoms with Crippen molar-refractivity contribution in [2.75, 3.05) is 13.7 Å². The highest BCUT2D eigenvalue weighted by atomic mass is 32.1. The average molecular weight is 766 g/mol. The zero-order chi connectivity index (χ0) is 39.3. The lowest BCUT2D eigenvalue weighted by Crippen LogP contribution is -2.58. The van der Waals surface area contributed by atoms with Crippen molar-refractivity contribution in [2.45, 2.75) is 160 Å². The van der Waals surface area contributed by atoms with Crippen molar-refractivity contribution in [3.8, 4) is 0 Å². The lowest BCUT2D eigenvalue weighted by atomic mass is 9.79. The quantitative estimate of drug-likeness (QED) is 0.213. The first-order valence-corrected chi connectivity index (χ1v) is 19.8. The summed E-state index contributed by atoms with van der Waals surface area (Å²) in [5, 5.41) is 59.6. The number of methoxy groups -OCH3 is 1. The molecule has 0 spiro atoms. The molecule has 0 aromatic carbocycles. The molecule has 0 radical (unpaired) electrons. The van der Waals surface area contributed by atoms with Gasteiger partial charge >= 0.3 is 0 Å². The maximum atomic E-state index is 13.3. The second kappa shape index (κ2) is 18.3. The predicted octanol–water partition coefficient (Wildman–Crippen LogP) is 4.04. The highest BCUT2D eigenvalue weighted by Gasteiger charge is 2.48. The normalized spacial score (nSPS) is 40.7. The van der Waals surface area contributed by atoms with E-state index in [9.17, 15) is 35.1 Å². The summed E-state index contributed by atoms with van der Waals surface area (Å²) >= 11 is 1.58. The highest BCUT2D eigenvalue weighted by Crippen LogP contribution is 2.37. The van der Waals surface area contributed by atoms with Gasteiger partial charge in [0.05, 0.1) is 42.0 Å². The van der Waals surface area contributed by atoms with Crippen LogP contribution in [0.15, 0.2) is 30.4 Å². The number of carbonyl (C=O) groups excluding carboxylic acids is 2. The molecule has 13 atom stereocenters. The molecule has 1 aromatic heterocycles. The Morgan fingerprint density at radius 3 is 2.43 bits per heavy atom. The Labute approximate surface area is 318 Å². The van der Waals surface area contributed by atoms with E-state index in [-0.39, 0.29) is 63.2 Å². The Morgan fingerprint density at radius 2 is 1.75 bits per heavy atom. The van der Waals surface area contributed by atoms with Gasteiger partial charge < -0.3 is 49.8 Å². The van der Waals surface area contributed by atoms with Crippen LogP contribution in [0.2, 0.25) is 0 Å². The fourth-order valence-corrected chi connectivity index (χ4v) is 8.57. The number of ether oxygens (including phenoxy) is 4. The first kappa shape index (κ1) is 43.7. The average Bonchev–Trinajstić information content (AvgIpc) is 3.57. The fraction of sp³-hybridized carbons (Fsp3) is 0.750. The van der Waals surface area contributed by atoms with E-state index in [1.54, 1.807) is 39.0 Å². The van der Waals surface area contributed by atoms with Crippen LogP contribution < -0.4 is 5.32 Å². The molecular formula is C40H63NO11S. The largest absolute Gasteiger partial charge is 0.390 e. The minimum Gasteiger partial charge on any atom is -0.390 e. The number of hydrogen-bond donors (Lipinski definition) is 6. The van der Waals surface area contributed by atoms with Crippen LogP contribution in [0.1, 0.15) is 103 Å². The molecule has 53 heavy (non-hydrogen) atoms. The molecule has 0 bridgehead atoms. The van der Waals surface area contributed by atoms with Gasteiger partial charge in [0.25, 0.3) is 0 Å². The van der Waals surface area contributed by atoms with Gasteiger partial charge in [-0.25, -0.2) is 0 Å². The standard InChI is InChI=1S/C40H63NO11S/c1-23-10-9-11-27(20-23)31-13-12-28(53-31)21-33(43)41-19-16-32-40(7,48)35(44)24(2)29(42)14-17-38(5,47)18-15-30(25(3)37(46)52-32)51-34-22-39(6,49-8)36(45)26(4)50-34/h9-13,23-26,30,32,34-37,44-48H,14-22H2,1-8H3,(H,41,43)/t23?,24-,25+,26?,30-,32+,34?,35+,36?,37?,38+,39?,40+/m0/s1. The minimum atomic E-state index is -2.02. The van der Waals surface area contributed by atoms with Crippen molar-refractivity contribution >= 4 is 28.6 Å². The summed E-state index contributed by atoms with van der Waals surface area (Å²) in [5.41, 5.74) is -3.00. The van der Waals surface area contributed by atoms with Gasteiger partial charge in [0.15, 0.2) is 12.6 Å². The van der Waals surface area contributed by atoms with E-state index in [2.05, 4.69) is 30.5 Å². The number of nitrogens with one attached hydrogen (secondary N) is 1. The Bertz CT molecular complexity index is 1440. The molecule has 4 rings (SSSR count). The first-order valence-electron chi connectivity index (χ1n) is 19.0. The second-order valence-corrected chi connectivity index (χ2v) is 17.5. The summed E-state index contributed by atoms with van der Waals surface area (Å²) in [7, 11) is 1.51. The summed E-state index contributed by atoms with van der Waals surface area (Å²) in [6.45, 7) is 12.0. The summed E-state index contributed by atoms with van der Waals surface area (Å²) in [6, 6.07) is 3.99. The van der Waals surface area contributed by atoms with E-state index in [1.165, 1.54) is 26.5 Å². The summed E-state index contributed by atoms with van der Waals surface area (Å²) in [5.74, 6) is -1.84. The van der Waals surface area contributed by atoms with Crippen LogP contribution >= 0.6 is 11.3 Å². The predicted molar refractivity (Wildman–Crippen MR) is 202 cm³/mol. The van der Waals surface area contributed by atoms with Crippen LogP contribution in [0.4, 0.5) is 0 Å². The molecule has 2 saturated heterocycles. The zero-order valence-electron chi connectivity index (χ0n) is 32.6. The molecule has 12 nitrogen and oxygen atoms in total. The lowest BCUT2D eigenvalue weighted by molar-refractivity contribution is -0.303. The third kappa shape index (κ3) is 11.3. The molecule has 3 heterocycles. The highest BCUT2D eigenvalue weighted by molar-refractivity contribution is 7.13. The van der Waals surface area contributed by atoms with Crippen LogP contribution in [0.25, 0.3) is 5.57 Å². The summed E-state index contributed by atoms with van der Waals surface area (Å²) in [4.78, 5) is 28.4. The SMILES string of the molecule is COC1(C)CC(O[C@H]2CC[C@](C)(O)CCC(=O)[C@H](C)[C@@H](O)[C@](C)(O)[C@@H](CCNC(=O)Cc3ccc(C4=CC=CC(C)C4)s3)OC(O)[C@@H]2C)OC(C)C1O. The van der Waals surface area contributed by atoms with E-state index >= 15 is 0 Å². The van der Waals surface area contributed by atoms with E-state index < -0.39 is 71.7 Å². The Morgan fingerprint density at radius 1 is 1.04 bits per heavy atom. The number of amides is 1. The molecular weight excluding hydrogens is 703 g/mol. The second-order valence-electron chi connectivity index (χ2n) is 16.3. The van der Waals surface area contributed by atoms with Crippen LogP contribution in [0.5, 0.6) is 0 Å². The van der Waals surface area contributed by atoms with Crippen molar-refractivity contribution in [1.82, 2.24) is 5.32 Å². The van der Waals surface area contributed by atoms with Crippen molar-refractivity contribution in [3.63, 3.8) is 0 Å². The van der Waals surface area contributed by atoms with Crippen LogP contribution in [0, 0.1) is 17.8 Å². The molecule has 1 aliphatic carbocycles. The van der Waals surface area contributed by atoms with Gasteiger partial charge in [0, 0.05) is 48.1 Å². The summed E-state index contributed by atoms with van der Waals surface area (Å²) in [6.07, 6.45) is 0.842.